The SMILES string of the molecule is CN(Cc1ccccc1N1CCOCC1)C(=O)c1ccc(S(=O)(=O)NCc2ccco2)cc1. The Morgan fingerprint density at radius 1 is 1.03 bits per heavy atom. The molecule has 3 aromatic rings. The lowest BCUT2D eigenvalue weighted by Gasteiger charge is -2.31. The highest BCUT2D eigenvalue weighted by Crippen LogP contribution is 2.23. The quantitative estimate of drug-likeness (QED) is 0.546. The van der Waals surface area contributed by atoms with Crippen molar-refractivity contribution in [3.05, 3.63) is 83.8 Å². The number of ether oxygens (including phenoxy) is 1. The second-order valence-electron chi connectivity index (χ2n) is 7.82. The van der Waals surface area contributed by atoms with E-state index >= 15 is 0 Å². The normalized spacial score (nSPS) is 14.3. The summed E-state index contributed by atoms with van der Waals surface area (Å²) in [5.41, 5.74) is 2.58. The van der Waals surface area contributed by atoms with E-state index < -0.39 is 10.0 Å². The molecule has 1 aliphatic rings. The number of para-hydroxylation sites is 1. The number of sulfonamides is 1. The maximum absolute atomic E-state index is 13.0. The van der Waals surface area contributed by atoms with Gasteiger partial charge in [0.15, 0.2) is 0 Å². The van der Waals surface area contributed by atoms with Crippen molar-refractivity contribution in [2.24, 2.45) is 0 Å². The van der Waals surface area contributed by atoms with Crippen molar-refractivity contribution in [3.8, 4) is 0 Å². The number of morpholine rings is 1. The molecular weight excluding hydrogens is 442 g/mol. The fraction of sp³-hybridized carbons (Fsp3) is 0.292. The second-order valence-corrected chi connectivity index (χ2v) is 9.58. The van der Waals surface area contributed by atoms with Crippen molar-refractivity contribution in [1.29, 1.82) is 0 Å². The Morgan fingerprint density at radius 2 is 1.76 bits per heavy atom. The minimum absolute atomic E-state index is 0.0569. The van der Waals surface area contributed by atoms with Gasteiger partial charge in [-0.1, -0.05) is 18.2 Å². The molecule has 1 fully saturated rings. The second kappa shape index (κ2) is 10.2. The van der Waals surface area contributed by atoms with Crippen molar-refractivity contribution >= 4 is 21.6 Å². The zero-order chi connectivity index (χ0) is 23.3. The molecule has 174 valence electrons. The molecule has 0 radical (unpaired) electrons. The lowest BCUT2D eigenvalue weighted by molar-refractivity contribution is 0.0784. The molecule has 2 aromatic carbocycles. The molecule has 0 atom stereocenters. The number of nitrogens with zero attached hydrogens (tertiary/aromatic N) is 2. The highest BCUT2D eigenvalue weighted by atomic mass is 32.2. The average Bonchev–Trinajstić information content (AvgIpc) is 3.37. The molecule has 0 unspecified atom stereocenters. The van der Waals surface area contributed by atoms with Crippen LogP contribution in [0.5, 0.6) is 0 Å². The van der Waals surface area contributed by atoms with Crippen molar-refractivity contribution in [2.45, 2.75) is 18.0 Å². The number of carbonyl (C=O) groups is 1. The third kappa shape index (κ3) is 5.62. The van der Waals surface area contributed by atoms with Crippen LogP contribution >= 0.6 is 0 Å². The zero-order valence-electron chi connectivity index (χ0n) is 18.4. The van der Waals surface area contributed by atoms with Crippen molar-refractivity contribution in [3.63, 3.8) is 0 Å². The first-order chi connectivity index (χ1) is 15.9. The minimum atomic E-state index is -3.72. The zero-order valence-corrected chi connectivity index (χ0v) is 19.3. The number of amides is 1. The summed E-state index contributed by atoms with van der Waals surface area (Å²) < 4.78 is 38.1. The molecule has 33 heavy (non-hydrogen) atoms. The number of rotatable bonds is 8. The van der Waals surface area contributed by atoms with Gasteiger partial charge >= 0.3 is 0 Å². The van der Waals surface area contributed by atoms with Crippen LogP contribution < -0.4 is 9.62 Å². The highest BCUT2D eigenvalue weighted by Gasteiger charge is 2.19. The van der Waals surface area contributed by atoms with Gasteiger partial charge in [-0.15, -0.1) is 0 Å². The lowest BCUT2D eigenvalue weighted by atomic mass is 10.1. The number of carbonyl (C=O) groups excluding carboxylic acids is 1. The van der Waals surface area contributed by atoms with E-state index in [9.17, 15) is 13.2 Å². The molecular formula is C24H27N3O5S. The average molecular weight is 470 g/mol. The van der Waals surface area contributed by atoms with E-state index in [1.165, 1.54) is 30.5 Å². The Bertz CT molecular complexity index is 1170. The number of hydrogen-bond donors (Lipinski definition) is 1. The predicted molar refractivity (Wildman–Crippen MR) is 124 cm³/mol. The van der Waals surface area contributed by atoms with E-state index in [0.717, 1.165) is 24.3 Å². The Morgan fingerprint density at radius 3 is 2.45 bits per heavy atom. The fourth-order valence-corrected chi connectivity index (χ4v) is 4.74. The number of nitrogens with one attached hydrogen (secondary N) is 1. The topological polar surface area (TPSA) is 92.1 Å². The van der Waals surface area contributed by atoms with Crippen molar-refractivity contribution < 1.29 is 22.4 Å². The molecule has 8 nitrogen and oxygen atoms in total. The molecule has 1 saturated heterocycles. The van der Waals surface area contributed by atoms with E-state index in [2.05, 4.69) is 15.7 Å². The molecule has 1 aromatic heterocycles. The van der Waals surface area contributed by atoms with E-state index in [1.54, 1.807) is 24.1 Å². The van der Waals surface area contributed by atoms with Gasteiger partial charge in [0.05, 0.1) is 30.9 Å². The highest BCUT2D eigenvalue weighted by molar-refractivity contribution is 7.89. The lowest BCUT2D eigenvalue weighted by Crippen LogP contribution is -2.37. The van der Waals surface area contributed by atoms with Crippen LogP contribution in [0.2, 0.25) is 0 Å². The van der Waals surface area contributed by atoms with Gasteiger partial charge in [-0.05, 0) is 48.0 Å². The first-order valence-corrected chi connectivity index (χ1v) is 12.2. The van der Waals surface area contributed by atoms with Crippen LogP contribution in [0.3, 0.4) is 0 Å². The summed E-state index contributed by atoms with van der Waals surface area (Å²) in [4.78, 5) is 17.0. The van der Waals surface area contributed by atoms with Gasteiger partial charge < -0.3 is 19.0 Å². The van der Waals surface area contributed by atoms with Crippen molar-refractivity contribution in [1.82, 2.24) is 9.62 Å². The summed E-state index contributed by atoms with van der Waals surface area (Å²) >= 11 is 0. The minimum Gasteiger partial charge on any atom is -0.468 e. The molecule has 0 aliphatic carbocycles. The number of benzene rings is 2. The molecule has 0 saturated carbocycles. The van der Waals surface area contributed by atoms with Crippen LogP contribution in [-0.4, -0.2) is 52.6 Å². The molecule has 1 N–H and O–H groups in total. The summed E-state index contributed by atoms with van der Waals surface area (Å²) in [5.74, 6) is 0.337. The van der Waals surface area contributed by atoms with Crippen LogP contribution in [0.4, 0.5) is 5.69 Å². The first-order valence-electron chi connectivity index (χ1n) is 10.7. The Labute approximate surface area is 193 Å². The number of furan rings is 1. The van der Waals surface area contributed by atoms with Crippen LogP contribution in [0, 0.1) is 0 Å². The monoisotopic (exact) mass is 469 g/mol. The molecule has 0 spiro atoms. The van der Waals surface area contributed by atoms with Gasteiger partial charge in [0.1, 0.15) is 5.76 Å². The van der Waals surface area contributed by atoms with Crippen LogP contribution in [0.25, 0.3) is 0 Å². The van der Waals surface area contributed by atoms with Crippen LogP contribution in [-0.2, 0) is 27.8 Å². The Hall–Kier alpha value is -3.14. The number of anilines is 1. The largest absolute Gasteiger partial charge is 0.468 e. The van der Waals surface area contributed by atoms with Gasteiger partial charge in [-0.3, -0.25) is 4.79 Å². The van der Waals surface area contributed by atoms with Gasteiger partial charge in [-0.25, -0.2) is 13.1 Å². The third-order valence-electron chi connectivity index (χ3n) is 5.53. The van der Waals surface area contributed by atoms with Gasteiger partial charge in [0.25, 0.3) is 5.91 Å². The Balaban J connectivity index is 1.42. The molecule has 1 amide bonds. The Kier molecular flexibility index (Phi) is 7.12. The predicted octanol–water partition coefficient (Wildman–Crippen LogP) is 2.87. The van der Waals surface area contributed by atoms with E-state index in [0.29, 0.717) is 31.1 Å². The van der Waals surface area contributed by atoms with E-state index in [-0.39, 0.29) is 17.3 Å². The summed E-state index contributed by atoms with van der Waals surface area (Å²) in [6, 6.07) is 17.4. The standard InChI is InChI=1S/C24H27N3O5S/c1-26(18-20-5-2-3-7-23(20)27-12-15-31-16-13-27)24(28)19-8-10-22(11-9-19)33(29,30)25-17-21-6-4-14-32-21/h2-11,14,25H,12-13,15-18H2,1H3. The van der Waals surface area contributed by atoms with Crippen molar-refractivity contribution in [2.75, 3.05) is 38.3 Å². The van der Waals surface area contributed by atoms with Gasteiger partial charge in [-0.2, -0.15) is 0 Å². The molecule has 2 heterocycles. The smallest absolute Gasteiger partial charge is 0.253 e. The molecule has 0 bridgehead atoms. The summed E-state index contributed by atoms with van der Waals surface area (Å²) in [5, 5.41) is 0. The van der Waals surface area contributed by atoms with Gasteiger partial charge in [0.2, 0.25) is 10.0 Å². The van der Waals surface area contributed by atoms with Crippen LogP contribution in [0.15, 0.2) is 76.2 Å². The van der Waals surface area contributed by atoms with Crippen LogP contribution in [0.1, 0.15) is 21.7 Å². The van der Waals surface area contributed by atoms with E-state index in [1.807, 2.05) is 18.2 Å². The maximum Gasteiger partial charge on any atom is 0.253 e. The molecule has 9 heteroatoms. The van der Waals surface area contributed by atoms with Gasteiger partial charge in [0, 0.05) is 37.9 Å². The summed E-state index contributed by atoms with van der Waals surface area (Å²) in [6.45, 7) is 3.51. The molecule has 1 aliphatic heterocycles. The molecule has 4 rings (SSSR count). The summed E-state index contributed by atoms with van der Waals surface area (Å²) in [6.07, 6.45) is 1.49. The first kappa shape index (κ1) is 23.0. The fourth-order valence-electron chi connectivity index (χ4n) is 3.74. The van der Waals surface area contributed by atoms with E-state index in [4.69, 9.17) is 9.15 Å². The summed E-state index contributed by atoms with van der Waals surface area (Å²) in [7, 11) is -1.97. The number of hydrogen-bond acceptors (Lipinski definition) is 6. The maximum atomic E-state index is 13.0. The third-order valence-corrected chi connectivity index (χ3v) is 6.94.